The largest absolute Gasteiger partial charge is 0.465 e. The number of aryl methyl sites for hydroxylation is 1. The Balaban J connectivity index is 1.44. The second kappa shape index (κ2) is 22.4. The van der Waals surface area contributed by atoms with Crippen molar-refractivity contribution in [3.8, 4) is 12.3 Å². The van der Waals surface area contributed by atoms with E-state index in [0.717, 1.165) is 24.8 Å². The number of hydrogen-bond donors (Lipinski definition) is 2. The molecule has 1 unspecified atom stereocenters. The van der Waals surface area contributed by atoms with Gasteiger partial charge in [-0.1, -0.05) is 120 Å². The first-order valence-corrected chi connectivity index (χ1v) is 18.9. The molecular formula is C36H54FN6O5P. The molecule has 49 heavy (non-hydrogen) atoms. The Kier molecular flexibility index (Phi) is 18.3. The molecule has 3 atom stereocenters. The fourth-order valence-corrected chi connectivity index (χ4v) is 6.56. The molecule has 13 heteroatoms. The minimum atomic E-state index is -2.96. The molecule has 3 rings (SSSR count). The van der Waals surface area contributed by atoms with Crippen LogP contribution in [0.15, 0.2) is 36.7 Å². The summed E-state index contributed by atoms with van der Waals surface area (Å²) in [6.07, 6.45) is 22.8. The minimum Gasteiger partial charge on any atom is -0.465 e. The number of terminal acetylenes is 1. The van der Waals surface area contributed by atoms with E-state index in [2.05, 4.69) is 32.9 Å². The number of fused-ring (bicyclic) bond motifs is 1. The van der Waals surface area contributed by atoms with Crippen LogP contribution in [0.3, 0.4) is 0 Å². The number of methoxy groups -OCH3 is 1. The van der Waals surface area contributed by atoms with Gasteiger partial charge in [-0.3, -0.25) is 9.36 Å². The van der Waals surface area contributed by atoms with Crippen molar-refractivity contribution in [3.63, 3.8) is 0 Å². The van der Waals surface area contributed by atoms with E-state index in [1.54, 1.807) is 4.57 Å². The van der Waals surface area contributed by atoms with Crippen LogP contribution >= 0.6 is 8.18 Å². The monoisotopic (exact) mass is 700 g/mol. The second-order valence-corrected chi connectivity index (χ2v) is 13.6. The highest BCUT2D eigenvalue weighted by atomic mass is 31.1. The van der Waals surface area contributed by atoms with Gasteiger partial charge in [0.2, 0.25) is 0 Å². The van der Waals surface area contributed by atoms with Crippen LogP contribution in [0.2, 0.25) is 0 Å². The molecule has 3 aromatic rings. The Bertz CT molecular complexity index is 1470. The fourth-order valence-electron chi connectivity index (χ4n) is 5.61. The third kappa shape index (κ3) is 14.2. The molecule has 0 aliphatic carbocycles. The molecule has 1 aromatic carbocycles. The number of rotatable bonds is 26. The Labute approximate surface area is 291 Å². The number of hydrogen-bond acceptors (Lipinski definition) is 9. The summed E-state index contributed by atoms with van der Waals surface area (Å²) in [7, 11) is -1.54. The SMILES string of the molecule is C#C[C@](CCn1cnc2c(N)nc(F)nc21)(CO[PH](=O)N[C@@H](Cc1ccccc1)C(=O)OCCCCCCCCCCCCCCC)OC. The molecule has 11 nitrogen and oxygen atoms in total. The van der Waals surface area contributed by atoms with Gasteiger partial charge in [-0.15, -0.1) is 6.42 Å². The quantitative estimate of drug-likeness (QED) is 0.0290. The van der Waals surface area contributed by atoms with E-state index in [4.69, 9.17) is 26.2 Å². The van der Waals surface area contributed by atoms with Crippen LogP contribution in [-0.4, -0.2) is 57.5 Å². The van der Waals surface area contributed by atoms with Gasteiger partial charge >= 0.3 is 12.0 Å². The van der Waals surface area contributed by atoms with E-state index in [-0.39, 0.29) is 43.0 Å². The number of halogens is 1. The molecule has 0 amide bonds. The Morgan fingerprint density at radius 1 is 1.04 bits per heavy atom. The molecule has 3 N–H and O–H groups in total. The number of nitrogen functional groups attached to an aromatic ring is 1. The van der Waals surface area contributed by atoms with Gasteiger partial charge in [0, 0.05) is 20.1 Å². The van der Waals surface area contributed by atoms with Crippen LogP contribution in [0.1, 0.15) is 102 Å². The highest BCUT2D eigenvalue weighted by molar-refractivity contribution is 7.36. The number of anilines is 1. The first-order valence-electron chi connectivity index (χ1n) is 17.6. The molecule has 0 aliphatic rings. The number of ether oxygens (including phenoxy) is 2. The van der Waals surface area contributed by atoms with Crippen molar-refractivity contribution in [2.75, 3.05) is 26.1 Å². The zero-order valence-electron chi connectivity index (χ0n) is 29.1. The van der Waals surface area contributed by atoms with E-state index >= 15 is 0 Å². The van der Waals surface area contributed by atoms with Gasteiger partial charge in [-0.2, -0.15) is 14.4 Å². The van der Waals surface area contributed by atoms with Crippen molar-refractivity contribution in [2.45, 2.75) is 121 Å². The standard InChI is InChI=1S/C36H54FN6O5P/c1-4-6-7-8-9-10-11-12-13-14-15-16-20-25-47-34(44)30(26-29-21-18-17-19-22-29)42-49(45)48-27-36(5-2,46-3)23-24-43-28-39-31-32(38)40-35(37)41-33(31)43/h2,17-19,21-22,28,30,49H,4,6-16,20,23-27H2,1,3H3,(H,42,45)(H2,38,40,41)/t30-,36-/m0/s1. The number of nitrogens with two attached hydrogens (primary N) is 1. The fraction of sp³-hybridized carbons (Fsp3) is 0.611. The number of carbonyl (C=O) groups excluding carboxylic acids is 1. The lowest BCUT2D eigenvalue weighted by atomic mass is 10.0. The van der Waals surface area contributed by atoms with E-state index in [9.17, 15) is 13.8 Å². The first-order chi connectivity index (χ1) is 23.8. The van der Waals surface area contributed by atoms with Crippen molar-refractivity contribution in [2.24, 2.45) is 0 Å². The maximum absolute atomic E-state index is 13.8. The van der Waals surface area contributed by atoms with Gasteiger partial charge in [0.05, 0.1) is 19.5 Å². The number of nitrogens with one attached hydrogen (secondary N) is 1. The molecular weight excluding hydrogens is 646 g/mol. The lowest BCUT2D eigenvalue weighted by molar-refractivity contribution is -0.145. The molecule has 2 heterocycles. The van der Waals surface area contributed by atoms with Crippen LogP contribution in [-0.2, 0) is 36.3 Å². The summed E-state index contributed by atoms with van der Waals surface area (Å²) < 4.78 is 45.4. The van der Waals surface area contributed by atoms with E-state index < -0.39 is 31.9 Å². The van der Waals surface area contributed by atoms with Crippen molar-refractivity contribution in [1.82, 2.24) is 24.6 Å². The summed E-state index contributed by atoms with van der Waals surface area (Å²) in [4.78, 5) is 24.6. The Hall–Kier alpha value is -3.36. The highest BCUT2D eigenvalue weighted by Crippen LogP contribution is 2.26. The van der Waals surface area contributed by atoms with Crippen LogP contribution in [0.4, 0.5) is 10.2 Å². The summed E-state index contributed by atoms with van der Waals surface area (Å²) in [6.45, 7) is 2.55. The lowest BCUT2D eigenvalue weighted by Crippen LogP contribution is -2.39. The molecule has 0 saturated carbocycles. The van der Waals surface area contributed by atoms with Crippen LogP contribution in [0.5, 0.6) is 0 Å². The molecule has 270 valence electrons. The number of imidazole rings is 1. The number of esters is 1. The second-order valence-electron chi connectivity index (χ2n) is 12.5. The molecule has 0 saturated heterocycles. The van der Waals surface area contributed by atoms with Gasteiger partial charge in [0.15, 0.2) is 17.1 Å². The summed E-state index contributed by atoms with van der Waals surface area (Å²) in [5.74, 6) is 2.03. The maximum atomic E-state index is 13.8. The van der Waals surface area contributed by atoms with Gasteiger partial charge in [-0.25, -0.2) is 10.1 Å². The normalized spacial score (nSPS) is 13.9. The van der Waals surface area contributed by atoms with E-state index in [0.29, 0.717) is 6.61 Å². The minimum absolute atomic E-state index is 0.0721. The summed E-state index contributed by atoms with van der Waals surface area (Å²) in [5.41, 5.74) is 5.84. The first kappa shape index (κ1) is 40.1. The zero-order valence-corrected chi connectivity index (χ0v) is 30.1. The predicted molar refractivity (Wildman–Crippen MR) is 192 cm³/mol. The van der Waals surface area contributed by atoms with Crippen molar-refractivity contribution < 1.29 is 27.7 Å². The number of unbranched alkanes of at least 4 members (excludes halogenated alkanes) is 12. The number of carbonyl (C=O) groups is 1. The molecule has 0 radical (unpaired) electrons. The predicted octanol–water partition coefficient (Wildman–Crippen LogP) is 7.20. The summed E-state index contributed by atoms with van der Waals surface area (Å²) in [6, 6.07) is 8.55. The Morgan fingerprint density at radius 2 is 1.67 bits per heavy atom. The van der Waals surface area contributed by atoms with E-state index in [1.165, 1.54) is 77.6 Å². The lowest BCUT2D eigenvalue weighted by Gasteiger charge is -2.27. The summed E-state index contributed by atoms with van der Waals surface area (Å²) >= 11 is 0. The molecule has 0 fully saturated rings. The van der Waals surface area contributed by atoms with Crippen molar-refractivity contribution in [1.29, 1.82) is 0 Å². The third-order valence-corrected chi connectivity index (χ3v) is 9.65. The average Bonchev–Trinajstić information content (AvgIpc) is 3.52. The van der Waals surface area contributed by atoms with Gasteiger partial charge < -0.3 is 24.3 Å². The molecule has 0 spiro atoms. The molecule has 0 aliphatic heterocycles. The number of nitrogens with zero attached hydrogens (tertiary/aromatic N) is 4. The van der Waals surface area contributed by atoms with Crippen molar-refractivity contribution >= 4 is 31.1 Å². The Morgan fingerprint density at radius 3 is 2.29 bits per heavy atom. The smallest absolute Gasteiger partial charge is 0.323 e. The van der Waals surface area contributed by atoms with Gasteiger partial charge in [0.1, 0.15) is 11.6 Å². The topological polar surface area (TPSA) is 143 Å². The van der Waals surface area contributed by atoms with Crippen molar-refractivity contribution in [3.05, 3.63) is 48.3 Å². The van der Waals surface area contributed by atoms with Crippen LogP contribution in [0.25, 0.3) is 11.2 Å². The molecule has 2 aromatic heterocycles. The van der Waals surface area contributed by atoms with Crippen LogP contribution in [0, 0.1) is 18.4 Å². The van der Waals surface area contributed by atoms with Crippen LogP contribution < -0.4 is 10.8 Å². The van der Waals surface area contributed by atoms with E-state index in [1.807, 2.05) is 30.3 Å². The zero-order chi connectivity index (χ0) is 35.3. The van der Waals surface area contributed by atoms with Gasteiger partial charge in [0.25, 0.3) is 8.18 Å². The average molecular weight is 701 g/mol. The molecule has 0 bridgehead atoms. The van der Waals surface area contributed by atoms with Gasteiger partial charge in [-0.05, 0) is 18.4 Å². The summed E-state index contributed by atoms with van der Waals surface area (Å²) in [5, 5.41) is 2.83. The number of benzene rings is 1. The third-order valence-electron chi connectivity index (χ3n) is 8.66. The highest BCUT2D eigenvalue weighted by Gasteiger charge is 2.30. The maximum Gasteiger partial charge on any atom is 0.323 e. The number of aromatic nitrogens is 4.